The normalized spacial score (nSPS) is 19.4. The van der Waals surface area contributed by atoms with Crippen molar-refractivity contribution in [2.45, 2.75) is 26.4 Å². The Bertz CT molecular complexity index is 487. The first-order chi connectivity index (χ1) is 7.46. The first-order valence-electron chi connectivity index (χ1n) is 5.19. The van der Waals surface area contributed by atoms with E-state index in [1.165, 1.54) is 0 Å². The van der Waals surface area contributed by atoms with E-state index in [9.17, 15) is 10.4 Å². The summed E-state index contributed by atoms with van der Waals surface area (Å²) in [5.74, 6) is 0. The van der Waals surface area contributed by atoms with Crippen LogP contribution in [0.25, 0.3) is 0 Å². The van der Waals surface area contributed by atoms with Crippen molar-refractivity contribution in [1.82, 2.24) is 0 Å². The summed E-state index contributed by atoms with van der Waals surface area (Å²) in [5, 5.41) is 21.9. The van der Waals surface area contributed by atoms with Crippen LogP contribution in [0.3, 0.4) is 0 Å². The van der Waals surface area contributed by atoms with Crippen molar-refractivity contribution in [3.63, 3.8) is 0 Å². The van der Waals surface area contributed by atoms with Gasteiger partial charge in [0.05, 0.1) is 24.1 Å². The van der Waals surface area contributed by atoms with E-state index in [2.05, 4.69) is 0 Å². The molecule has 0 spiro atoms. The molecule has 1 aromatic rings. The quantitative estimate of drug-likeness (QED) is 0.443. The fourth-order valence-corrected chi connectivity index (χ4v) is 1.95. The number of hydrogen-bond donors (Lipinski definition) is 1. The van der Waals surface area contributed by atoms with Crippen LogP contribution in [0.4, 0.5) is 0 Å². The molecule has 84 valence electrons. The van der Waals surface area contributed by atoms with Crippen molar-refractivity contribution < 1.29 is 14.7 Å². The van der Waals surface area contributed by atoms with Gasteiger partial charge in [-0.05, 0) is 12.1 Å². The zero-order valence-corrected chi connectivity index (χ0v) is 9.64. The van der Waals surface area contributed by atoms with Crippen LogP contribution >= 0.6 is 0 Å². The third-order valence-corrected chi connectivity index (χ3v) is 2.92. The Morgan fingerprint density at radius 3 is 2.19 bits per heavy atom. The van der Waals surface area contributed by atoms with Gasteiger partial charge < -0.3 is 5.21 Å². The second kappa shape index (κ2) is 3.33. The minimum Gasteiger partial charge on any atom is -0.618 e. The van der Waals surface area contributed by atoms with E-state index in [-0.39, 0.29) is 0 Å². The van der Waals surface area contributed by atoms with Crippen molar-refractivity contribution in [1.29, 1.82) is 0 Å². The maximum atomic E-state index is 11.9. The van der Waals surface area contributed by atoms with Crippen LogP contribution < -0.4 is 0 Å². The molecule has 4 heteroatoms. The third-order valence-electron chi connectivity index (χ3n) is 2.92. The van der Waals surface area contributed by atoms with Gasteiger partial charge in [-0.3, -0.25) is 5.21 Å². The fraction of sp³-hybridized carbons (Fsp3) is 0.333. The smallest absolute Gasteiger partial charge is 0.401 e. The number of hydroxylamine groups is 2. The van der Waals surface area contributed by atoms with Gasteiger partial charge in [-0.1, -0.05) is 18.2 Å². The van der Waals surface area contributed by atoms with Crippen LogP contribution in [0.15, 0.2) is 30.3 Å². The molecule has 0 aromatic heterocycles. The second-order valence-corrected chi connectivity index (χ2v) is 4.40. The molecule has 0 unspecified atom stereocenters. The van der Waals surface area contributed by atoms with E-state index < -0.39 is 5.66 Å². The van der Waals surface area contributed by atoms with Crippen LogP contribution in [-0.2, 0) is 0 Å². The lowest BCUT2D eigenvalue weighted by Gasteiger charge is -2.11. The number of benzene rings is 1. The van der Waals surface area contributed by atoms with Gasteiger partial charge in [0.15, 0.2) is 0 Å². The predicted molar refractivity (Wildman–Crippen MR) is 61.0 cm³/mol. The molecule has 0 saturated heterocycles. The highest BCUT2D eigenvalue weighted by atomic mass is 16.5. The maximum absolute atomic E-state index is 11.9. The number of hydrogen-bond acceptors (Lipinski definition) is 2. The summed E-state index contributed by atoms with van der Waals surface area (Å²) in [5.41, 5.74) is 0.989. The highest BCUT2D eigenvalue weighted by Crippen LogP contribution is 2.19. The zero-order chi connectivity index (χ0) is 11.9. The lowest BCUT2D eigenvalue weighted by atomic mass is 10.1. The summed E-state index contributed by atoms with van der Waals surface area (Å²) in [6.45, 7) is 5.08. The summed E-state index contributed by atoms with van der Waals surface area (Å²) in [6.07, 6.45) is 0. The Labute approximate surface area is 94.3 Å². The average Bonchev–Trinajstić information content (AvgIpc) is 2.42. The topological polar surface area (TPSA) is 49.3 Å². The molecule has 0 aliphatic carbocycles. The van der Waals surface area contributed by atoms with Crippen molar-refractivity contribution in [2.75, 3.05) is 0 Å². The molecule has 0 amide bonds. The van der Waals surface area contributed by atoms with E-state index in [0.717, 1.165) is 15.0 Å². The van der Waals surface area contributed by atoms with Gasteiger partial charge in [0.25, 0.3) is 5.71 Å². The van der Waals surface area contributed by atoms with Crippen molar-refractivity contribution >= 4 is 11.4 Å². The largest absolute Gasteiger partial charge is 0.618 e. The number of nitrogens with zero attached hydrogens (tertiary/aromatic N) is 2. The molecule has 1 N–H and O–H groups in total. The van der Waals surface area contributed by atoms with Gasteiger partial charge in [0.1, 0.15) is 0 Å². The summed E-state index contributed by atoms with van der Waals surface area (Å²) in [6, 6.07) is 9.40. The molecule has 2 rings (SSSR count). The van der Waals surface area contributed by atoms with E-state index in [1.54, 1.807) is 20.8 Å². The molecule has 0 saturated carbocycles. The predicted octanol–water partition coefficient (Wildman–Crippen LogP) is 1.60. The average molecular weight is 219 g/mol. The Morgan fingerprint density at radius 1 is 1.19 bits per heavy atom. The van der Waals surface area contributed by atoms with Gasteiger partial charge in [0.2, 0.25) is 0 Å². The molecule has 1 heterocycles. The lowest BCUT2D eigenvalue weighted by Crippen LogP contribution is -2.40. The molecular formula is C12H15N2O2+. The Balaban J connectivity index is 2.63. The third kappa shape index (κ3) is 1.30. The second-order valence-electron chi connectivity index (χ2n) is 4.40. The molecule has 4 nitrogen and oxygen atoms in total. The lowest BCUT2D eigenvalue weighted by molar-refractivity contribution is -0.915. The Hall–Kier alpha value is -1.84. The minimum absolute atomic E-state index is 0.527. The zero-order valence-electron chi connectivity index (χ0n) is 9.64. The van der Waals surface area contributed by atoms with Crippen molar-refractivity contribution in [3.8, 4) is 0 Å². The van der Waals surface area contributed by atoms with Crippen LogP contribution in [-0.4, -0.2) is 31.8 Å². The van der Waals surface area contributed by atoms with Crippen molar-refractivity contribution in [2.24, 2.45) is 0 Å². The van der Waals surface area contributed by atoms with E-state index in [0.29, 0.717) is 11.4 Å². The first kappa shape index (κ1) is 10.7. The molecular weight excluding hydrogens is 204 g/mol. The van der Waals surface area contributed by atoms with Gasteiger partial charge in [0, 0.05) is 6.92 Å². The van der Waals surface area contributed by atoms with E-state index in [1.807, 2.05) is 30.3 Å². The molecule has 1 aliphatic heterocycles. The molecule has 1 aromatic carbocycles. The summed E-state index contributed by atoms with van der Waals surface area (Å²) < 4.78 is 1.86. The standard InChI is InChI=1S/C12H15N2O2/c1-9-11(10-7-5-4-6-8-10)14(16)12(2,3)13(9)15/h4-8,16H,1-3H3/q+1. The Morgan fingerprint density at radius 2 is 1.75 bits per heavy atom. The van der Waals surface area contributed by atoms with E-state index >= 15 is 0 Å². The first-order valence-corrected chi connectivity index (χ1v) is 5.19. The summed E-state index contributed by atoms with van der Waals surface area (Å²) in [4.78, 5) is 0. The number of rotatable bonds is 1. The highest BCUT2D eigenvalue weighted by molar-refractivity contribution is 6.44. The molecule has 0 atom stereocenters. The highest BCUT2D eigenvalue weighted by Gasteiger charge is 2.52. The van der Waals surface area contributed by atoms with E-state index in [4.69, 9.17) is 0 Å². The molecule has 0 radical (unpaired) electrons. The molecule has 1 aliphatic rings. The van der Waals surface area contributed by atoms with Gasteiger partial charge >= 0.3 is 11.4 Å². The minimum atomic E-state index is -0.949. The van der Waals surface area contributed by atoms with Crippen LogP contribution in [0.2, 0.25) is 0 Å². The van der Waals surface area contributed by atoms with Gasteiger partial charge in [-0.15, -0.1) is 4.74 Å². The van der Waals surface area contributed by atoms with Crippen molar-refractivity contribution in [3.05, 3.63) is 41.1 Å². The summed E-state index contributed by atoms with van der Waals surface area (Å²) >= 11 is 0. The Kier molecular flexibility index (Phi) is 2.22. The van der Waals surface area contributed by atoms with Crippen LogP contribution in [0, 0.1) is 5.21 Å². The molecule has 0 bridgehead atoms. The SMILES string of the molecule is CC1=[N+]([O-])C(C)(C)[N+](O)=C1c1ccccc1. The van der Waals surface area contributed by atoms with Gasteiger partial charge in [-0.25, -0.2) is 0 Å². The summed E-state index contributed by atoms with van der Waals surface area (Å²) in [7, 11) is 0. The monoisotopic (exact) mass is 219 g/mol. The van der Waals surface area contributed by atoms with Crippen LogP contribution in [0.1, 0.15) is 26.3 Å². The molecule has 0 fully saturated rings. The maximum Gasteiger partial charge on any atom is 0.401 e. The van der Waals surface area contributed by atoms with Gasteiger partial charge in [-0.2, -0.15) is 0 Å². The molecule has 16 heavy (non-hydrogen) atoms. The fourth-order valence-electron chi connectivity index (χ4n) is 1.95. The van der Waals surface area contributed by atoms with Crippen LogP contribution in [0.5, 0.6) is 0 Å².